The molecule has 1 rings (SSSR count). The SMILES string of the molecule is CCCCCC/C=C/CCCCCCCCCC(NC(Cc1cnc[nH]1)C(=O)NCCOCCOCCOC)C(F)(F)F. The lowest BCUT2D eigenvalue weighted by molar-refractivity contribution is -0.160. The second-order valence-corrected chi connectivity index (χ2v) is 11.0. The number of hydrogen-bond donors (Lipinski definition) is 3. The highest BCUT2D eigenvalue weighted by atomic mass is 19.4. The van der Waals surface area contributed by atoms with Crippen molar-refractivity contribution in [1.29, 1.82) is 0 Å². The molecule has 11 heteroatoms. The van der Waals surface area contributed by atoms with Gasteiger partial charge in [-0.2, -0.15) is 13.2 Å². The van der Waals surface area contributed by atoms with Gasteiger partial charge >= 0.3 is 6.18 Å². The molecule has 1 aromatic rings. The molecule has 0 fully saturated rings. The van der Waals surface area contributed by atoms with Crippen molar-refractivity contribution in [2.24, 2.45) is 0 Å². The number of methoxy groups -OCH3 is 1. The molecule has 250 valence electrons. The van der Waals surface area contributed by atoms with Crippen LogP contribution in [0.3, 0.4) is 0 Å². The second kappa shape index (κ2) is 26.5. The van der Waals surface area contributed by atoms with Gasteiger partial charge in [-0.25, -0.2) is 4.98 Å². The number of carbonyl (C=O) groups is 1. The maximum absolute atomic E-state index is 13.9. The quantitative estimate of drug-likeness (QED) is 0.0685. The Morgan fingerprint density at radius 1 is 0.907 bits per heavy atom. The number of unbranched alkanes of at least 4 members (excludes halogenated alkanes) is 11. The van der Waals surface area contributed by atoms with Crippen LogP contribution in [0.1, 0.15) is 103 Å². The number of halogens is 3. The largest absolute Gasteiger partial charge is 0.403 e. The number of hydrogen-bond acceptors (Lipinski definition) is 6. The highest BCUT2D eigenvalue weighted by molar-refractivity contribution is 5.82. The first-order valence-corrected chi connectivity index (χ1v) is 16.3. The number of alkyl halides is 3. The number of H-pyrrole nitrogens is 1. The van der Waals surface area contributed by atoms with Crippen molar-refractivity contribution in [1.82, 2.24) is 20.6 Å². The van der Waals surface area contributed by atoms with Crippen molar-refractivity contribution in [2.45, 2.75) is 121 Å². The van der Waals surface area contributed by atoms with Crippen molar-refractivity contribution in [3.63, 3.8) is 0 Å². The Morgan fingerprint density at radius 3 is 2.12 bits per heavy atom. The molecule has 3 N–H and O–H groups in total. The fourth-order valence-corrected chi connectivity index (χ4v) is 4.68. The molecule has 1 aromatic heterocycles. The number of amides is 1. The van der Waals surface area contributed by atoms with Crippen molar-refractivity contribution in [3.8, 4) is 0 Å². The van der Waals surface area contributed by atoms with Crippen LogP contribution in [0, 0.1) is 0 Å². The normalized spacial score (nSPS) is 13.5. The van der Waals surface area contributed by atoms with E-state index in [1.54, 1.807) is 7.11 Å². The summed E-state index contributed by atoms with van der Waals surface area (Å²) >= 11 is 0. The van der Waals surface area contributed by atoms with Gasteiger partial charge in [0.05, 0.1) is 45.4 Å². The van der Waals surface area contributed by atoms with E-state index in [-0.39, 0.29) is 26.0 Å². The van der Waals surface area contributed by atoms with Gasteiger partial charge in [0.1, 0.15) is 6.04 Å². The predicted molar refractivity (Wildman–Crippen MR) is 165 cm³/mol. The molecule has 0 bridgehead atoms. The average Bonchev–Trinajstić information content (AvgIpc) is 3.49. The first-order valence-electron chi connectivity index (χ1n) is 16.3. The summed E-state index contributed by atoms with van der Waals surface area (Å²) in [6.45, 7) is 4.35. The van der Waals surface area contributed by atoms with Crippen LogP contribution in [0.2, 0.25) is 0 Å². The number of imidazole rings is 1. The van der Waals surface area contributed by atoms with Gasteiger partial charge in [-0.3, -0.25) is 10.1 Å². The summed E-state index contributed by atoms with van der Waals surface area (Å²) in [5.41, 5.74) is 0.584. The van der Waals surface area contributed by atoms with Crippen LogP contribution >= 0.6 is 0 Å². The lowest BCUT2D eigenvalue weighted by Crippen LogP contribution is -2.54. The first-order chi connectivity index (χ1) is 20.9. The van der Waals surface area contributed by atoms with Gasteiger partial charge in [0.25, 0.3) is 0 Å². The number of nitrogens with one attached hydrogen (secondary N) is 3. The summed E-state index contributed by atoms with van der Waals surface area (Å²) in [6.07, 6.45) is 17.1. The Bertz CT molecular complexity index is 794. The van der Waals surface area contributed by atoms with Gasteiger partial charge in [-0.15, -0.1) is 0 Å². The summed E-state index contributed by atoms with van der Waals surface area (Å²) in [5.74, 6) is -0.505. The maximum Gasteiger partial charge on any atom is 0.403 e. The minimum Gasteiger partial charge on any atom is -0.382 e. The summed E-state index contributed by atoms with van der Waals surface area (Å²) < 4.78 is 57.5. The summed E-state index contributed by atoms with van der Waals surface area (Å²) in [6, 6.07) is -2.82. The summed E-state index contributed by atoms with van der Waals surface area (Å²) in [7, 11) is 1.59. The molecule has 1 amide bonds. The van der Waals surface area contributed by atoms with Gasteiger partial charge in [-0.05, 0) is 32.1 Å². The third kappa shape index (κ3) is 22.2. The molecule has 1 heterocycles. The number of allylic oxidation sites excluding steroid dienone is 2. The number of rotatable bonds is 29. The highest BCUT2D eigenvalue weighted by Gasteiger charge is 2.41. The minimum absolute atomic E-state index is 0.0640. The predicted octanol–water partition coefficient (Wildman–Crippen LogP) is 6.67. The fraction of sp³-hybridized carbons (Fsp3) is 0.812. The van der Waals surface area contributed by atoms with Gasteiger partial charge in [0.2, 0.25) is 5.91 Å². The van der Waals surface area contributed by atoms with E-state index in [4.69, 9.17) is 14.2 Å². The first kappa shape index (κ1) is 39.1. The lowest BCUT2D eigenvalue weighted by atomic mass is 10.0. The third-order valence-corrected chi connectivity index (χ3v) is 7.20. The molecule has 43 heavy (non-hydrogen) atoms. The van der Waals surface area contributed by atoms with E-state index >= 15 is 0 Å². The average molecular weight is 619 g/mol. The van der Waals surface area contributed by atoms with Crippen LogP contribution in [0.4, 0.5) is 13.2 Å². The van der Waals surface area contributed by atoms with Gasteiger partial charge in [0.15, 0.2) is 0 Å². The lowest BCUT2D eigenvalue weighted by Gasteiger charge is -2.27. The fourth-order valence-electron chi connectivity index (χ4n) is 4.68. The van der Waals surface area contributed by atoms with Gasteiger partial charge in [0, 0.05) is 32.0 Å². The molecule has 0 aliphatic rings. The molecule has 0 aliphatic heterocycles. The van der Waals surface area contributed by atoms with Crippen LogP contribution in [0.5, 0.6) is 0 Å². The molecule has 2 atom stereocenters. The Morgan fingerprint density at radius 2 is 1.51 bits per heavy atom. The van der Waals surface area contributed by atoms with E-state index in [0.717, 1.165) is 38.5 Å². The number of nitrogens with zero attached hydrogens (tertiary/aromatic N) is 1. The zero-order valence-corrected chi connectivity index (χ0v) is 26.5. The molecule has 0 saturated carbocycles. The van der Waals surface area contributed by atoms with Crippen LogP contribution < -0.4 is 10.6 Å². The molecular weight excluding hydrogens is 561 g/mol. The smallest absolute Gasteiger partial charge is 0.382 e. The summed E-state index contributed by atoms with van der Waals surface area (Å²) in [5, 5.41) is 5.29. The molecule has 0 saturated heterocycles. The van der Waals surface area contributed by atoms with Crippen LogP contribution in [-0.4, -0.2) is 80.8 Å². The molecule has 8 nitrogen and oxygen atoms in total. The number of aromatic nitrogens is 2. The third-order valence-electron chi connectivity index (χ3n) is 7.20. The van der Waals surface area contributed by atoms with E-state index in [1.165, 1.54) is 51.0 Å². The number of ether oxygens (including phenoxy) is 3. The summed E-state index contributed by atoms with van der Waals surface area (Å²) in [4.78, 5) is 19.7. The van der Waals surface area contributed by atoms with Crippen molar-refractivity contribution >= 4 is 5.91 Å². The van der Waals surface area contributed by atoms with E-state index in [9.17, 15) is 18.0 Å². The van der Waals surface area contributed by atoms with E-state index < -0.39 is 24.2 Å². The Balaban J connectivity index is 2.35. The van der Waals surface area contributed by atoms with Crippen molar-refractivity contribution in [3.05, 3.63) is 30.4 Å². The molecule has 0 aromatic carbocycles. The van der Waals surface area contributed by atoms with Gasteiger partial charge in [-0.1, -0.05) is 76.9 Å². The van der Waals surface area contributed by atoms with Crippen LogP contribution in [-0.2, 0) is 25.4 Å². The molecule has 0 radical (unpaired) electrons. The Labute approximate surface area is 257 Å². The minimum atomic E-state index is -4.46. The standard InChI is InChI=1S/C32H57F3N4O4/c1-3-4-5-6-7-8-9-10-11-12-13-14-15-16-17-18-30(32(33,34)35)39-29(25-28-26-36-27-38-28)31(40)37-19-20-42-23-24-43-22-21-41-2/h8-9,26-27,29-30,39H,3-7,10-25H2,1-2H3,(H,36,38)(H,37,40)/b9-8+. The molecular formula is C32H57F3N4O4. The van der Waals surface area contributed by atoms with E-state index in [0.29, 0.717) is 38.5 Å². The van der Waals surface area contributed by atoms with Crippen molar-refractivity contribution < 1.29 is 32.2 Å². The Hall–Kier alpha value is -1.95. The van der Waals surface area contributed by atoms with Crippen molar-refractivity contribution in [2.75, 3.05) is 46.7 Å². The van der Waals surface area contributed by atoms with E-state index in [2.05, 4.69) is 39.7 Å². The number of aromatic amines is 1. The number of carbonyl (C=O) groups excluding carboxylic acids is 1. The Kier molecular flexibility index (Phi) is 24.0. The highest BCUT2D eigenvalue weighted by Crippen LogP contribution is 2.25. The molecule has 2 unspecified atom stereocenters. The van der Waals surface area contributed by atoms with Crippen LogP contribution in [0.15, 0.2) is 24.7 Å². The van der Waals surface area contributed by atoms with E-state index in [1.807, 2.05) is 0 Å². The second-order valence-electron chi connectivity index (χ2n) is 11.0. The maximum atomic E-state index is 13.9. The van der Waals surface area contributed by atoms with Gasteiger partial charge < -0.3 is 24.5 Å². The molecule has 0 spiro atoms. The van der Waals surface area contributed by atoms with Crippen LogP contribution in [0.25, 0.3) is 0 Å². The monoisotopic (exact) mass is 618 g/mol. The zero-order valence-electron chi connectivity index (χ0n) is 26.5. The topological polar surface area (TPSA) is 97.5 Å². The zero-order chi connectivity index (χ0) is 31.4. The molecule has 0 aliphatic carbocycles.